The summed E-state index contributed by atoms with van der Waals surface area (Å²) in [5, 5.41) is 2.63. The molecule has 1 amide bonds. The zero-order valence-corrected chi connectivity index (χ0v) is 11.6. The summed E-state index contributed by atoms with van der Waals surface area (Å²) in [6.45, 7) is 2.72. The van der Waals surface area contributed by atoms with Crippen LogP contribution in [0.5, 0.6) is 11.5 Å². The van der Waals surface area contributed by atoms with E-state index in [1.165, 1.54) is 26.0 Å². The number of anilines is 1. The van der Waals surface area contributed by atoms with E-state index in [4.69, 9.17) is 4.74 Å². The largest absolute Gasteiger partial charge is 0.454 e. The molecule has 0 atom stereocenters. The third-order valence-corrected chi connectivity index (χ3v) is 2.74. The molecule has 2 aromatic carbocycles. The van der Waals surface area contributed by atoms with Gasteiger partial charge in [-0.05, 0) is 37.3 Å². The van der Waals surface area contributed by atoms with Gasteiger partial charge in [-0.3, -0.25) is 9.59 Å². The Morgan fingerprint density at radius 3 is 2.43 bits per heavy atom. The second-order valence-electron chi connectivity index (χ2n) is 4.48. The van der Waals surface area contributed by atoms with Crippen LogP contribution in [0.15, 0.2) is 42.5 Å². The maximum atomic E-state index is 13.2. The minimum Gasteiger partial charge on any atom is -0.454 e. The van der Waals surface area contributed by atoms with E-state index >= 15 is 0 Å². The molecule has 0 aliphatic rings. The van der Waals surface area contributed by atoms with Gasteiger partial charge in [-0.1, -0.05) is 12.1 Å². The fourth-order valence-electron chi connectivity index (χ4n) is 1.83. The van der Waals surface area contributed by atoms with Crippen molar-refractivity contribution in [3.63, 3.8) is 0 Å². The van der Waals surface area contributed by atoms with Crippen molar-refractivity contribution in [2.24, 2.45) is 0 Å². The van der Waals surface area contributed by atoms with Crippen molar-refractivity contribution in [1.29, 1.82) is 0 Å². The molecule has 2 aromatic rings. The standard InChI is InChI=1S/C16H14FNO3/c1-10(19)13-9-12(17)7-8-15(13)21-16-6-4-3-5-14(16)18-11(2)20/h3-9H,1-2H3,(H,18,20). The summed E-state index contributed by atoms with van der Waals surface area (Å²) in [4.78, 5) is 22.7. The molecule has 0 fully saturated rings. The summed E-state index contributed by atoms with van der Waals surface area (Å²) in [6.07, 6.45) is 0. The average Bonchev–Trinajstić information content (AvgIpc) is 2.42. The summed E-state index contributed by atoms with van der Waals surface area (Å²) in [7, 11) is 0. The molecular weight excluding hydrogens is 273 g/mol. The second-order valence-corrected chi connectivity index (χ2v) is 4.48. The molecule has 4 nitrogen and oxygen atoms in total. The Hall–Kier alpha value is -2.69. The Morgan fingerprint density at radius 1 is 1.05 bits per heavy atom. The Bertz CT molecular complexity index is 698. The fraction of sp³-hybridized carbons (Fsp3) is 0.125. The molecule has 0 heterocycles. The summed E-state index contributed by atoms with van der Waals surface area (Å²) in [5.74, 6) is -0.440. The summed E-state index contributed by atoms with van der Waals surface area (Å²) >= 11 is 0. The maximum absolute atomic E-state index is 13.2. The Morgan fingerprint density at radius 2 is 1.76 bits per heavy atom. The number of benzene rings is 2. The minimum absolute atomic E-state index is 0.146. The third kappa shape index (κ3) is 3.66. The predicted molar refractivity (Wildman–Crippen MR) is 77.2 cm³/mol. The fourth-order valence-corrected chi connectivity index (χ4v) is 1.83. The summed E-state index contributed by atoms with van der Waals surface area (Å²) in [5.41, 5.74) is 0.622. The highest BCUT2D eigenvalue weighted by Crippen LogP contribution is 2.31. The van der Waals surface area contributed by atoms with E-state index < -0.39 is 5.82 Å². The van der Waals surface area contributed by atoms with Gasteiger partial charge in [0.1, 0.15) is 11.6 Å². The molecule has 5 heteroatoms. The first-order chi connectivity index (χ1) is 9.97. The first kappa shape index (κ1) is 14.7. The molecule has 0 radical (unpaired) electrons. The zero-order valence-electron chi connectivity index (χ0n) is 11.6. The highest BCUT2D eigenvalue weighted by atomic mass is 19.1. The van der Waals surface area contributed by atoms with E-state index in [0.717, 1.165) is 6.07 Å². The van der Waals surface area contributed by atoms with Gasteiger partial charge in [-0.15, -0.1) is 0 Å². The Labute approximate surface area is 121 Å². The molecule has 0 aliphatic carbocycles. The van der Waals surface area contributed by atoms with Crippen LogP contribution in [-0.2, 0) is 4.79 Å². The van der Waals surface area contributed by atoms with E-state index in [0.29, 0.717) is 11.4 Å². The van der Waals surface area contributed by atoms with Crippen molar-refractivity contribution in [2.45, 2.75) is 13.8 Å². The van der Waals surface area contributed by atoms with Crippen molar-refractivity contribution < 1.29 is 18.7 Å². The van der Waals surface area contributed by atoms with Crippen LogP contribution in [0.3, 0.4) is 0 Å². The summed E-state index contributed by atoms with van der Waals surface area (Å²) in [6, 6.07) is 10.5. The van der Waals surface area contributed by atoms with Crippen LogP contribution in [-0.4, -0.2) is 11.7 Å². The first-order valence-corrected chi connectivity index (χ1v) is 6.32. The number of nitrogens with one attached hydrogen (secondary N) is 1. The van der Waals surface area contributed by atoms with Crippen LogP contribution in [0.25, 0.3) is 0 Å². The second kappa shape index (κ2) is 6.17. The quantitative estimate of drug-likeness (QED) is 0.871. The lowest BCUT2D eigenvalue weighted by Gasteiger charge is -2.13. The maximum Gasteiger partial charge on any atom is 0.221 e. The molecule has 21 heavy (non-hydrogen) atoms. The number of rotatable bonds is 4. The Balaban J connectivity index is 2.39. The topological polar surface area (TPSA) is 55.4 Å². The number of ketones is 1. The number of hydrogen-bond donors (Lipinski definition) is 1. The van der Waals surface area contributed by atoms with E-state index in [1.54, 1.807) is 24.3 Å². The normalized spacial score (nSPS) is 10.0. The number of Topliss-reactive ketones (excluding diaryl/α,β-unsaturated/α-hetero) is 1. The molecule has 108 valence electrons. The molecule has 1 N–H and O–H groups in total. The third-order valence-electron chi connectivity index (χ3n) is 2.74. The number of amides is 1. The number of carbonyl (C=O) groups is 2. The summed E-state index contributed by atoms with van der Waals surface area (Å²) < 4.78 is 18.9. The molecule has 0 spiro atoms. The van der Waals surface area contributed by atoms with Gasteiger partial charge in [-0.2, -0.15) is 0 Å². The van der Waals surface area contributed by atoms with Crippen molar-refractivity contribution in [2.75, 3.05) is 5.32 Å². The molecule has 0 saturated heterocycles. The Kier molecular flexibility index (Phi) is 4.33. The zero-order chi connectivity index (χ0) is 15.4. The van der Waals surface area contributed by atoms with Gasteiger partial charge in [0.2, 0.25) is 5.91 Å². The number of ether oxygens (including phenoxy) is 1. The van der Waals surface area contributed by atoms with Crippen LogP contribution in [0.2, 0.25) is 0 Å². The lowest BCUT2D eigenvalue weighted by Crippen LogP contribution is -2.07. The van der Waals surface area contributed by atoms with Gasteiger partial charge in [0, 0.05) is 6.92 Å². The van der Waals surface area contributed by atoms with Crippen LogP contribution in [0, 0.1) is 5.82 Å². The number of hydrogen-bond acceptors (Lipinski definition) is 3. The highest BCUT2D eigenvalue weighted by molar-refractivity contribution is 5.97. The van der Waals surface area contributed by atoms with Gasteiger partial charge in [0.15, 0.2) is 11.5 Å². The number of carbonyl (C=O) groups excluding carboxylic acids is 2. The van der Waals surface area contributed by atoms with E-state index in [2.05, 4.69) is 5.32 Å². The lowest BCUT2D eigenvalue weighted by molar-refractivity contribution is -0.114. The smallest absolute Gasteiger partial charge is 0.221 e. The monoisotopic (exact) mass is 287 g/mol. The van der Waals surface area contributed by atoms with Gasteiger partial charge < -0.3 is 10.1 Å². The van der Waals surface area contributed by atoms with Gasteiger partial charge in [0.05, 0.1) is 11.3 Å². The lowest BCUT2D eigenvalue weighted by atomic mass is 10.1. The molecular formula is C16H14FNO3. The molecule has 0 saturated carbocycles. The van der Waals surface area contributed by atoms with Crippen molar-refractivity contribution in [3.8, 4) is 11.5 Å². The first-order valence-electron chi connectivity index (χ1n) is 6.32. The number of para-hydroxylation sites is 2. The van der Waals surface area contributed by atoms with Crippen molar-refractivity contribution in [1.82, 2.24) is 0 Å². The van der Waals surface area contributed by atoms with Crippen LogP contribution in [0.4, 0.5) is 10.1 Å². The number of halogens is 1. The SMILES string of the molecule is CC(=O)Nc1ccccc1Oc1ccc(F)cc1C(C)=O. The van der Waals surface area contributed by atoms with Gasteiger partial charge >= 0.3 is 0 Å². The molecule has 0 bridgehead atoms. The predicted octanol–water partition coefficient (Wildman–Crippen LogP) is 3.78. The van der Waals surface area contributed by atoms with Gasteiger partial charge in [-0.25, -0.2) is 4.39 Å². The average molecular weight is 287 g/mol. The van der Waals surface area contributed by atoms with Crippen LogP contribution < -0.4 is 10.1 Å². The van der Waals surface area contributed by atoms with Crippen LogP contribution >= 0.6 is 0 Å². The van der Waals surface area contributed by atoms with Crippen LogP contribution in [0.1, 0.15) is 24.2 Å². The minimum atomic E-state index is -0.511. The van der Waals surface area contributed by atoms with Gasteiger partial charge in [0.25, 0.3) is 0 Å². The van der Waals surface area contributed by atoms with E-state index in [9.17, 15) is 14.0 Å². The van der Waals surface area contributed by atoms with E-state index in [1.807, 2.05) is 0 Å². The van der Waals surface area contributed by atoms with Crippen molar-refractivity contribution in [3.05, 3.63) is 53.8 Å². The molecule has 0 aliphatic heterocycles. The molecule has 2 rings (SSSR count). The molecule has 0 unspecified atom stereocenters. The van der Waals surface area contributed by atoms with Crippen molar-refractivity contribution >= 4 is 17.4 Å². The highest BCUT2D eigenvalue weighted by Gasteiger charge is 2.13. The van der Waals surface area contributed by atoms with E-state index in [-0.39, 0.29) is 23.0 Å². The molecule has 0 aromatic heterocycles.